The van der Waals surface area contributed by atoms with Crippen LogP contribution in [0.2, 0.25) is 5.02 Å². The van der Waals surface area contributed by atoms with Crippen molar-refractivity contribution in [3.8, 4) is 0 Å². The Morgan fingerprint density at radius 2 is 2.23 bits per heavy atom. The summed E-state index contributed by atoms with van der Waals surface area (Å²) in [5.41, 5.74) is -1.73. The molecule has 1 atom stereocenters. The topological polar surface area (TPSA) is 92.5 Å². The maximum absolute atomic E-state index is 12.2. The molecule has 0 fully saturated rings. The zero-order chi connectivity index (χ0) is 16.3. The molecule has 22 heavy (non-hydrogen) atoms. The predicted octanol–water partition coefficient (Wildman–Crippen LogP) is 2.95. The summed E-state index contributed by atoms with van der Waals surface area (Å²) in [6, 6.07) is 7.29. The fourth-order valence-electron chi connectivity index (χ4n) is 1.87. The third kappa shape index (κ3) is 3.62. The Labute approximate surface area is 135 Å². The van der Waals surface area contributed by atoms with E-state index in [1.165, 1.54) is 29.5 Å². The Bertz CT molecular complexity index is 701. The summed E-state index contributed by atoms with van der Waals surface area (Å²) in [6.45, 7) is 1.49. The second-order valence-electron chi connectivity index (χ2n) is 4.85. The molecule has 1 aromatic carbocycles. The minimum Gasteiger partial charge on any atom is -0.383 e. The number of nitro benzene ring substituents is 1. The van der Waals surface area contributed by atoms with Gasteiger partial charge in [-0.2, -0.15) is 0 Å². The number of thiophene rings is 1. The Kier molecular flexibility index (Phi) is 4.80. The van der Waals surface area contributed by atoms with Gasteiger partial charge >= 0.3 is 0 Å². The number of hydrogen-bond donors (Lipinski definition) is 2. The minimum atomic E-state index is -1.25. The second-order valence-corrected chi connectivity index (χ2v) is 6.24. The van der Waals surface area contributed by atoms with Crippen LogP contribution in [0.15, 0.2) is 35.7 Å². The van der Waals surface area contributed by atoms with Gasteiger partial charge in [0.2, 0.25) is 0 Å². The summed E-state index contributed by atoms with van der Waals surface area (Å²) >= 11 is 7.14. The zero-order valence-electron chi connectivity index (χ0n) is 11.6. The Hall–Kier alpha value is -1.96. The first-order valence-electron chi connectivity index (χ1n) is 6.30. The Balaban J connectivity index is 2.16. The van der Waals surface area contributed by atoms with Crippen LogP contribution in [0.5, 0.6) is 0 Å². The molecule has 2 aromatic rings. The van der Waals surface area contributed by atoms with Gasteiger partial charge in [0.05, 0.1) is 11.5 Å². The molecule has 1 unspecified atom stereocenters. The van der Waals surface area contributed by atoms with Crippen LogP contribution in [0, 0.1) is 10.1 Å². The maximum Gasteiger partial charge on any atom is 0.282 e. The van der Waals surface area contributed by atoms with E-state index in [4.69, 9.17) is 11.6 Å². The van der Waals surface area contributed by atoms with E-state index in [1.807, 2.05) is 5.38 Å². The number of rotatable bonds is 5. The summed E-state index contributed by atoms with van der Waals surface area (Å²) in [6.07, 6.45) is 0. The highest BCUT2D eigenvalue weighted by atomic mass is 35.5. The van der Waals surface area contributed by atoms with Gasteiger partial charge in [0.15, 0.2) is 0 Å². The van der Waals surface area contributed by atoms with Crippen molar-refractivity contribution < 1.29 is 14.8 Å². The van der Waals surface area contributed by atoms with E-state index in [-0.39, 0.29) is 22.8 Å². The van der Waals surface area contributed by atoms with E-state index in [1.54, 1.807) is 19.1 Å². The summed E-state index contributed by atoms with van der Waals surface area (Å²) in [5, 5.41) is 25.8. The van der Waals surface area contributed by atoms with Crippen LogP contribution in [0.1, 0.15) is 22.2 Å². The number of nitro groups is 1. The van der Waals surface area contributed by atoms with Crippen molar-refractivity contribution in [2.45, 2.75) is 12.5 Å². The molecule has 116 valence electrons. The van der Waals surface area contributed by atoms with Gasteiger partial charge in [-0.3, -0.25) is 14.9 Å². The van der Waals surface area contributed by atoms with Crippen LogP contribution in [0.4, 0.5) is 5.69 Å². The highest BCUT2D eigenvalue weighted by molar-refractivity contribution is 7.10. The summed E-state index contributed by atoms with van der Waals surface area (Å²) in [5.74, 6) is -0.661. The molecule has 6 nitrogen and oxygen atoms in total. The highest BCUT2D eigenvalue weighted by Crippen LogP contribution is 2.26. The van der Waals surface area contributed by atoms with E-state index in [0.717, 1.165) is 0 Å². The van der Waals surface area contributed by atoms with Crippen molar-refractivity contribution in [2.75, 3.05) is 6.54 Å². The lowest BCUT2D eigenvalue weighted by Gasteiger charge is -2.22. The van der Waals surface area contributed by atoms with E-state index in [0.29, 0.717) is 4.88 Å². The lowest BCUT2D eigenvalue weighted by molar-refractivity contribution is -0.385. The molecule has 2 rings (SSSR count). The number of benzene rings is 1. The Morgan fingerprint density at radius 1 is 1.50 bits per heavy atom. The van der Waals surface area contributed by atoms with Crippen molar-refractivity contribution in [2.24, 2.45) is 0 Å². The van der Waals surface area contributed by atoms with Crippen molar-refractivity contribution in [3.63, 3.8) is 0 Å². The summed E-state index contributed by atoms with van der Waals surface area (Å²) in [4.78, 5) is 23.2. The van der Waals surface area contributed by atoms with Crippen LogP contribution in [0.25, 0.3) is 0 Å². The molecular formula is C14H13ClN2O4S. The predicted molar refractivity (Wildman–Crippen MR) is 84.3 cm³/mol. The fraction of sp³-hybridized carbons (Fsp3) is 0.214. The first-order valence-corrected chi connectivity index (χ1v) is 7.55. The van der Waals surface area contributed by atoms with Crippen LogP contribution < -0.4 is 5.32 Å². The van der Waals surface area contributed by atoms with E-state index >= 15 is 0 Å². The molecule has 1 amide bonds. The van der Waals surface area contributed by atoms with Gasteiger partial charge in [-0.15, -0.1) is 11.3 Å². The van der Waals surface area contributed by atoms with Gasteiger partial charge in [0.25, 0.3) is 11.6 Å². The standard InChI is InChI=1S/C14H13ClN2O4S/c1-14(19,12-3-2-6-22-12)8-16-13(18)10-7-9(15)4-5-11(10)17(20)21/h2-7,19H,8H2,1H3,(H,16,18). The van der Waals surface area contributed by atoms with Crippen LogP contribution in [0.3, 0.4) is 0 Å². The van der Waals surface area contributed by atoms with Gasteiger partial charge in [-0.25, -0.2) is 0 Å². The number of nitrogens with zero attached hydrogens (tertiary/aromatic N) is 1. The lowest BCUT2D eigenvalue weighted by Crippen LogP contribution is -2.38. The monoisotopic (exact) mass is 340 g/mol. The van der Waals surface area contributed by atoms with Gasteiger partial charge in [-0.05, 0) is 30.5 Å². The van der Waals surface area contributed by atoms with Crippen LogP contribution >= 0.6 is 22.9 Å². The molecule has 0 aliphatic rings. The average molecular weight is 341 g/mol. The molecule has 0 saturated heterocycles. The summed E-state index contributed by atoms with van der Waals surface area (Å²) < 4.78 is 0. The van der Waals surface area contributed by atoms with Crippen molar-refractivity contribution >= 4 is 34.5 Å². The highest BCUT2D eigenvalue weighted by Gasteiger charge is 2.27. The molecule has 0 spiro atoms. The normalized spacial score (nSPS) is 13.4. The molecule has 0 radical (unpaired) electrons. The average Bonchev–Trinajstić information content (AvgIpc) is 2.99. The molecule has 0 bridgehead atoms. The third-order valence-electron chi connectivity index (χ3n) is 3.05. The smallest absolute Gasteiger partial charge is 0.282 e. The van der Waals surface area contributed by atoms with Gasteiger partial charge in [0.1, 0.15) is 11.2 Å². The third-order valence-corrected chi connectivity index (χ3v) is 4.40. The fourth-order valence-corrected chi connectivity index (χ4v) is 2.83. The number of halogens is 1. The second kappa shape index (κ2) is 6.43. The number of carbonyl (C=O) groups is 1. The lowest BCUT2D eigenvalue weighted by atomic mass is 10.0. The first kappa shape index (κ1) is 16.4. The number of aliphatic hydroxyl groups is 1. The Morgan fingerprint density at radius 3 is 2.82 bits per heavy atom. The zero-order valence-corrected chi connectivity index (χ0v) is 13.1. The number of carbonyl (C=O) groups excluding carboxylic acids is 1. The molecule has 0 aliphatic heterocycles. The quantitative estimate of drug-likeness (QED) is 0.646. The molecule has 8 heteroatoms. The van der Waals surface area contributed by atoms with Gasteiger partial charge in [-0.1, -0.05) is 17.7 Å². The minimum absolute atomic E-state index is 0.0734. The molecule has 1 heterocycles. The molecule has 0 saturated carbocycles. The number of hydrogen-bond acceptors (Lipinski definition) is 5. The van der Waals surface area contributed by atoms with Crippen molar-refractivity contribution in [1.29, 1.82) is 0 Å². The van der Waals surface area contributed by atoms with Crippen molar-refractivity contribution in [1.82, 2.24) is 5.32 Å². The SMILES string of the molecule is CC(O)(CNC(=O)c1cc(Cl)ccc1[N+](=O)[O-])c1cccs1. The molecular weight excluding hydrogens is 328 g/mol. The van der Waals surface area contributed by atoms with Gasteiger partial charge in [0, 0.05) is 16.0 Å². The first-order chi connectivity index (χ1) is 10.3. The largest absolute Gasteiger partial charge is 0.383 e. The number of nitrogens with one attached hydrogen (secondary N) is 1. The molecule has 2 N–H and O–H groups in total. The van der Waals surface area contributed by atoms with E-state index in [2.05, 4.69) is 5.32 Å². The van der Waals surface area contributed by atoms with Crippen LogP contribution in [-0.4, -0.2) is 22.5 Å². The maximum atomic E-state index is 12.2. The van der Waals surface area contributed by atoms with E-state index < -0.39 is 16.4 Å². The molecule has 1 aromatic heterocycles. The number of amides is 1. The molecule has 0 aliphatic carbocycles. The van der Waals surface area contributed by atoms with E-state index in [9.17, 15) is 20.0 Å². The summed E-state index contributed by atoms with van der Waals surface area (Å²) in [7, 11) is 0. The van der Waals surface area contributed by atoms with Crippen LogP contribution in [-0.2, 0) is 5.60 Å². The van der Waals surface area contributed by atoms with Crippen molar-refractivity contribution in [3.05, 3.63) is 61.3 Å². The van der Waals surface area contributed by atoms with Gasteiger partial charge < -0.3 is 10.4 Å².